The number of aryl methyl sites for hydroxylation is 1. The van der Waals surface area contributed by atoms with Crippen molar-refractivity contribution in [3.63, 3.8) is 0 Å². The number of carbonyl (C=O) groups excluding carboxylic acids is 2. The molecule has 1 aromatic rings. The summed E-state index contributed by atoms with van der Waals surface area (Å²) >= 11 is 0. The maximum Gasteiger partial charge on any atom is 0.328 e. The Morgan fingerprint density at radius 2 is 1.89 bits per heavy atom. The summed E-state index contributed by atoms with van der Waals surface area (Å²) in [6.07, 6.45) is 1.43. The molecule has 3 amide bonds. The van der Waals surface area contributed by atoms with Crippen molar-refractivity contribution < 1.29 is 19.5 Å². The van der Waals surface area contributed by atoms with Crippen LogP contribution in [0, 0.1) is 6.92 Å². The Labute approximate surface area is 110 Å². The second-order valence-electron chi connectivity index (χ2n) is 3.77. The van der Waals surface area contributed by atoms with Gasteiger partial charge in [0, 0.05) is 18.7 Å². The molecule has 6 nitrogen and oxygen atoms in total. The zero-order valence-corrected chi connectivity index (χ0v) is 10.3. The maximum atomic E-state index is 11.4. The highest BCUT2D eigenvalue weighted by Crippen LogP contribution is 2.05. The van der Waals surface area contributed by atoms with Gasteiger partial charge >= 0.3 is 12.0 Å². The van der Waals surface area contributed by atoms with Crippen LogP contribution in [0.5, 0.6) is 0 Å². The van der Waals surface area contributed by atoms with E-state index in [0.29, 0.717) is 6.08 Å². The third-order valence-corrected chi connectivity index (χ3v) is 2.31. The minimum Gasteiger partial charge on any atom is -0.478 e. The Hall–Kier alpha value is -2.63. The quantitative estimate of drug-likeness (QED) is 0.704. The lowest BCUT2D eigenvalue weighted by Crippen LogP contribution is -2.38. The Morgan fingerprint density at radius 1 is 1.21 bits per heavy atom. The number of hydrogen-bond acceptors (Lipinski definition) is 3. The van der Waals surface area contributed by atoms with Crippen molar-refractivity contribution in [2.75, 3.05) is 0 Å². The number of rotatable bonds is 4. The van der Waals surface area contributed by atoms with Gasteiger partial charge in [-0.3, -0.25) is 10.1 Å². The minimum atomic E-state index is -1.25. The number of carboxylic acid groups (broad SMARTS) is 1. The highest BCUT2D eigenvalue weighted by atomic mass is 16.4. The van der Waals surface area contributed by atoms with Gasteiger partial charge in [0.2, 0.25) is 0 Å². The molecule has 0 radical (unpaired) electrons. The molecule has 0 aliphatic heterocycles. The topological polar surface area (TPSA) is 95.5 Å². The monoisotopic (exact) mass is 262 g/mol. The summed E-state index contributed by atoms with van der Waals surface area (Å²) in [6, 6.07) is 6.84. The fourth-order valence-electron chi connectivity index (χ4n) is 1.33. The van der Waals surface area contributed by atoms with Crippen LogP contribution in [0.25, 0.3) is 0 Å². The van der Waals surface area contributed by atoms with Crippen LogP contribution in [0.1, 0.15) is 11.1 Å². The fourth-order valence-corrected chi connectivity index (χ4v) is 1.33. The first-order chi connectivity index (χ1) is 8.99. The molecule has 6 heteroatoms. The number of hydrogen-bond donors (Lipinski definition) is 3. The SMILES string of the molecule is Cc1ccccc1CNC(=O)NC(=O)/C=C/C(=O)O. The first-order valence-electron chi connectivity index (χ1n) is 5.53. The van der Waals surface area contributed by atoms with Crippen molar-refractivity contribution in [1.82, 2.24) is 10.6 Å². The molecule has 0 heterocycles. The number of nitrogens with one attached hydrogen (secondary N) is 2. The van der Waals surface area contributed by atoms with Crippen LogP contribution in [0.3, 0.4) is 0 Å². The van der Waals surface area contributed by atoms with Crippen molar-refractivity contribution in [2.24, 2.45) is 0 Å². The lowest BCUT2D eigenvalue weighted by Gasteiger charge is -2.07. The van der Waals surface area contributed by atoms with Crippen LogP contribution in [-0.4, -0.2) is 23.0 Å². The largest absolute Gasteiger partial charge is 0.478 e. The van der Waals surface area contributed by atoms with Gasteiger partial charge in [0.25, 0.3) is 5.91 Å². The molecule has 0 spiro atoms. The van der Waals surface area contributed by atoms with Crippen LogP contribution in [0.15, 0.2) is 36.4 Å². The van der Waals surface area contributed by atoms with E-state index in [1.165, 1.54) is 0 Å². The summed E-state index contributed by atoms with van der Waals surface area (Å²) in [7, 11) is 0. The predicted octanol–water partition coefficient (Wildman–Crippen LogP) is 0.962. The number of benzene rings is 1. The van der Waals surface area contributed by atoms with Crippen molar-refractivity contribution in [3.05, 3.63) is 47.5 Å². The average molecular weight is 262 g/mol. The van der Waals surface area contributed by atoms with Gasteiger partial charge in [0.05, 0.1) is 0 Å². The third kappa shape index (κ3) is 5.49. The van der Waals surface area contributed by atoms with Gasteiger partial charge in [-0.15, -0.1) is 0 Å². The molecule has 0 unspecified atom stereocenters. The number of imide groups is 1. The molecule has 0 aliphatic rings. The summed E-state index contributed by atoms with van der Waals surface area (Å²) in [5.41, 5.74) is 1.96. The van der Waals surface area contributed by atoms with Crippen LogP contribution < -0.4 is 10.6 Å². The van der Waals surface area contributed by atoms with Crippen molar-refractivity contribution in [3.8, 4) is 0 Å². The zero-order valence-electron chi connectivity index (χ0n) is 10.3. The molecule has 1 rings (SSSR count). The third-order valence-electron chi connectivity index (χ3n) is 2.31. The van der Waals surface area contributed by atoms with Gasteiger partial charge in [0.1, 0.15) is 0 Å². The van der Waals surface area contributed by atoms with E-state index in [1.807, 2.05) is 36.5 Å². The molecule has 0 aliphatic carbocycles. The summed E-state index contributed by atoms with van der Waals surface area (Å²) < 4.78 is 0. The van der Waals surface area contributed by atoms with Gasteiger partial charge in [-0.25, -0.2) is 9.59 Å². The van der Waals surface area contributed by atoms with E-state index in [4.69, 9.17) is 5.11 Å². The van der Waals surface area contributed by atoms with Crippen LogP contribution >= 0.6 is 0 Å². The highest BCUT2D eigenvalue weighted by molar-refractivity contribution is 6.02. The van der Waals surface area contributed by atoms with E-state index >= 15 is 0 Å². The summed E-state index contributed by atoms with van der Waals surface area (Å²) in [6.45, 7) is 2.20. The van der Waals surface area contributed by atoms with Crippen molar-refractivity contribution in [1.29, 1.82) is 0 Å². The van der Waals surface area contributed by atoms with Crippen LogP contribution in [0.2, 0.25) is 0 Å². The first-order valence-corrected chi connectivity index (χ1v) is 5.53. The van der Waals surface area contributed by atoms with E-state index in [9.17, 15) is 14.4 Å². The maximum absolute atomic E-state index is 11.4. The lowest BCUT2D eigenvalue weighted by atomic mass is 10.1. The highest BCUT2D eigenvalue weighted by Gasteiger charge is 2.05. The van der Waals surface area contributed by atoms with Crippen LogP contribution in [-0.2, 0) is 16.1 Å². The second-order valence-corrected chi connectivity index (χ2v) is 3.77. The number of carbonyl (C=O) groups is 3. The molecule has 0 fully saturated rings. The Balaban J connectivity index is 2.42. The molecule has 0 aromatic heterocycles. The van der Waals surface area contributed by atoms with E-state index in [0.717, 1.165) is 17.2 Å². The van der Waals surface area contributed by atoms with Gasteiger partial charge in [-0.1, -0.05) is 24.3 Å². The normalized spacial score (nSPS) is 10.2. The second kappa shape index (κ2) is 6.95. The number of amides is 3. The molecular formula is C13H14N2O4. The van der Waals surface area contributed by atoms with Gasteiger partial charge in [-0.2, -0.15) is 0 Å². The molecule has 1 aromatic carbocycles. The molecule has 100 valence electrons. The molecule has 0 saturated heterocycles. The first kappa shape index (κ1) is 14.4. The van der Waals surface area contributed by atoms with E-state index in [2.05, 4.69) is 5.32 Å². The Morgan fingerprint density at radius 3 is 2.53 bits per heavy atom. The van der Waals surface area contributed by atoms with Crippen molar-refractivity contribution in [2.45, 2.75) is 13.5 Å². The summed E-state index contributed by atoms with van der Waals surface area (Å²) in [5, 5.41) is 12.8. The number of carboxylic acids is 1. The fraction of sp³-hybridized carbons (Fsp3) is 0.154. The van der Waals surface area contributed by atoms with Gasteiger partial charge in [-0.05, 0) is 18.1 Å². The van der Waals surface area contributed by atoms with Crippen LogP contribution in [0.4, 0.5) is 4.79 Å². The van der Waals surface area contributed by atoms with E-state index in [1.54, 1.807) is 0 Å². The summed E-state index contributed by atoms with van der Waals surface area (Å²) in [4.78, 5) is 32.6. The van der Waals surface area contributed by atoms with Crippen molar-refractivity contribution >= 4 is 17.9 Å². The molecule has 19 heavy (non-hydrogen) atoms. The Bertz CT molecular complexity index is 523. The number of urea groups is 1. The Kier molecular flexibility index (Phi) is 5.28. The molecule has 0 atom stereocenters. The summed E-state index contributed by atoms with van der Waals surface area (Å²) in [5.74, 6) is -2.04. The predicted molar refractivity (Wildman–Crippen MR) is 68.3 cm³/mol. The van der Waals surface area contributed by atoms with Gasteiger partial charge < -0.3 is 10.4 Å². The number of aliphatic carboxylic acids is 1. The van der Waals surface area contributed by atoms with E-state index in [-0.39, 0.29) is 6.54 Å². The smallest absolute Gasteiger partial charge is 0.328 e. The van der Waals surface area contributed by atoms with E-state index < -0.39 is 17.9 Å². The lowest BCUT2D eigenvalue weighted by molar-refractivity contribution is -0.131. The zero-order chi connectivity index (χ0) is 14.3. The molecule has 0 saturated carbocycles. The molecule has 3 N–H and O–H groups in total. The molecular weight excluding hydrogens is 248 g/mol. The molecule has 0 bridgehead atoms. The van der Waals surface area contributed by atoms with Gasteiger partial charge in [0.15, 0.2) is 0 Å². The minimum absolute atomic E-state index is 0.286. The average Bonchev–Trinajstić information content (AvgIpc) is 2.35. The standard InChI is InChI=1S/C13H14N2O4/c1-9-4-2-3-5-10(9)8-14-13(19)15-11(16)6-7-12(17)18/h2-7H,8H2,1H3,(H,17,18)(H2,14,15,16,19)/b7-6+.